The molecule has 78 valence electrons. The molecule has 2 aliphatic rings. The summed E-state index contributed by atoms with van der Waals surface area (Å²) in [6.45, 7) is 0.0972. The van der Waals surface area contributed by atoms with E-state index in [1.165, 1.54) is 6.21 Å². The number of benzene rings is 1. The number of rotatable bonds is 0. The average molecular weight is 213 g/mol. The first-order valence-corrected chi connectivity index (χ1v) is 4.84. The van der Waals surface area contributed by atoms with Crippen molar-refractivity contribution in [2.45, 2.75) is 0 Å². The van der Waals surface area contributed by atoms with Crippen LogP contribution in [0, 0.1) is 0 Å². The molecule has 0 aromatic heterocycles. The van der Waals surface area contributed by atoms with Gasteiger partial charge in [0.1, 0.15) is 0 Å². The second-order valence-corrected chi connectivity index (χ2v) is 3.53. The SMILES string of the molecule is O=C1C2=C(OCN=C2)C(=O)c2ccccc21. The van der Waals surface area contributed by atoms with Crippen LogP contribution in [0.2, 0.25) is 0 Å². The van der Waals surface area contributed by atoms with Crippen molar-refractivity contribution in [3.05, 3.63) is 46.7 Å². The molecule has 0 spiro atoms. The third-order valence-electron chi connectivity index (χ3n) is 2.62. The minimum absolute atomic E-state index is 0.0972. The zero-order valence-corrected chi connectivity index (χ0v) is 8.27. The minimum atomic E-state index is -0.239. The molecule has 1 aliphatic carbocycles. The summed E-state index contributed by atoms with van der Waals surface area (Å²) in [5.41, 5.74) is 1.08. The van der Waals surface area contributed by atoms with Crippen molar-refractivity contribution >= 4 is 17.8 Å². The Bertz CT molecular complexity index is 569. The predicted molar refractivity (Wildman–Crippen MR) is 56.6 cm³/mol. The molecule has 0 amide bonds. The van der Waals surface area contributed by atoms with Gasteiger partial charge in [-0.1, -0.05) is 24.3 Å². The average Bonchev–Trinajstić information content (AvgIpc) is 2.36. The molecule has 16 heavy (non-hydrogen) atoms. The Morgan fingerprint density at radius 1 is 1.06 bits per heavy atom. The Kier molecular flexibility index (Phi) is 1.77. The fraction of sp³-hybridized carbons (Fsp3) is 0.0833. The number of nitrogens with zero attached hydrogens (tertiary/aromatic N) is 1. The summed E-state index contributed by atoms with van der Waals surface area (Å²) < 4.78 is 5.13. The van der Waals surface area contributed by atoms with Crippen LogP contribution in [0.4, 0.5) is 0 Å². The summed E-state index contributed by atoms with van der Waals surface area (Å²) in [4.78, 5) is 27.9. The largest absolute Gasteiger partial charge is 0.466 e. The first-order valence-electron chi connectivity index (χ1n) is 4.84. The molecular weight excluding hydrogens is 206 g/mol. The van der Waals surface area contributed by atoms with Crippen molar-refractivity contribution in [2.75, 3.05) is 6.73 Å². The Hall–Kier alpha value is -2.23. The first-order chi connectivity index (χ1) is 7.79. The fourth-order valence-corrected chi connectivity index (χ4v) is 1.86. The summed E-state index contributed by atoms with van der Waals surface area (Å²) in [6, 6.07) is 6.74. The topological polar surface area (TPSA) is 55.7 Å². The van der Waals surface area contributed by atoms with Gasteiger partial charge in [-0.05, 0) is 0 Å². The standard InChI is InChI=1S/C12H7NO3/c14-10-7-3-1-2-4-8(7)11(15)12-9(10)5-13-6-16-12/h1-5H,6H2. The maximum atomic E-state index is 12.0. The van der Waals surface area contributed by atoms with Gasteiger partial charge in [0.25, 0.3) is 0 Å². The Balaban J connectivity index is 2.26. The molecule has 4 heteroatoms. The number of carbonyl (C=O) groups is 2. The van der Waals surface area contributed by atoms with Crippen LogP contribution in [-0.4, -0.2) is 24.5 Å². The summed E-state index contributed by atoms with van der Waals surface area (Å²) in [5, 5.41) is 0. The molecule has 3 rings (SSSR count). The van der Waals surface area contributed by atoms with Gasteiger partial charge >= 0.3 is 0 Å². The van der Waals surface area contributed by atoms with E-state index in [0.717, 1.165) is 0 Å². The number of carbonyl (C=O) groups excluding carboxylic acids is 2. The van der Waals surface area contributed by atoms with E-state index in [1.54, 1.807) is 24.3 Å². The Morgan fingerprint density at radius 2 is 1.75 bits per heavy atom. The normalized spacial score (nSPS) is 18.0. The van der Waals surface area contributed by atoms with Crippen molar-refractivity contribution in [1.29, 1.82) is 0 Å². The number of Topliss-reactive ketones (excluding diaryl/α,β-unsaturated/α-hetero) is 2. The molecule has 0 N–H and O–H groups in total. The van der Waals surface area contributed by atoms with E-state index in [9.17, 15) is 9.59 Å². The van der Waals surface area contributed by atoms with Crippen molar-refractivity contribution in [2.24, 2.45) is 4.99 Å². The number of allylic oxidation sites excluding steroid dienone is 2. The van der Waals surface area contributed by atoms with Gasteiger partial charge in [0.15, 0.2) is 18.3 Å². The molecule has 1 heterocycles. The molecular formula is C12H7NO3. The van der Waals surface area contributed by atoms with Crippen LogP contribution >= 0.6 is 0 Å². The van der Waals surface area contributed by atoms with Gasteiger partial charge in [-0.2, -0.15) is 0 Å². The minimum Gasteiger partial charge on any atom is -0.466 e. The lowest BCUT2D eigenvalue weighted by molar-refractivity contribution is 0.0876. The maximum absolute atomic E-state index is 12.0. The van der Waals surface area contributed by atoms with E-state index in [-0.39, 0.29) is 29.6 Å². The highest BCUT2D eigenvalue weighted by molar-refractivity contribution is 6.33. The van der Waals surface area contributed by atoms with Gasteiger partial charge in [0, 0.05) is 17.3 Å². The number of ketones is 2. The van der Waals surface area contributed by atoms with Gasteiger partial charge in [-0.25, -0.2) is 0 Å². The molecule has 0 fully saturated rings. The fourth-order valence-electron chi connectivity index (χ4n) is 1.86. The molecule has 0 saturated heterocycles. The van der Waals surface area contributed by atoms with E-state index in [2.05, 4.69) is 4.99 Å². The maximum Gasteiger partial charge on any atom is 0.229 e. The van der Waals surface area contributed by atoms with Crippen LogP contribution in [-0.2, 0) is 4.74 Å². The molecule has 0 unspecified atom stereocenters. The van der Waals surface area contributed by atoms with Gasteiger partial charge in [0.2, 0.25) is 5.78 Å². The van der Waals surface area contributed by atoms with Crippen LogP contribution in [0.15, 0.2) is 40.6 Å². The van der Waals surface area contributed by atoms with Crippen LogP contribution < -0.4 is 0 Å². The van der Waals surface area contributed by atoms with E-state index in [4.69, 9.17) is 4.74 Å². The Morgan fingerprint density at radius 3 is 2.50 bits per heavy atom. The Labute approximate surface area is 91.3 Å². The molecule has 0 atom stereocenters. The molecule has 1 aliphatic heterocycles. The molecule has 1 aromatic rings. The van der Waals surface area contributed by atoms with Crippen molar-refractivity contribution in [3.63, 3.8) is 0 Å². The predicted octanol–water partition coefficient (Wildman–Crippen LogP) is 1.38. The third-order valence-corrected chi connectivity index (χ3v) is 2.62. The number of fused-ring (bicyclic) bond motifs is 1. The summed E-state index contributed by atoms with van der Waals surface area (Å²) in [7, 11) is 0. The molecule has 4 nitrogen and oxygen atoms in total. The molecule has 0 radical (unpaired) electrons. The quantitative estimate of drug-likeness (QED) is 0.654. The lowest BCUT2D eigenvalue weighted by atomic mass is 9.88. The van der Waals surface area contributed by atoms with Crippen molar-refractivity contribution < 1.29 is 14.3 Å². The second-order valence-electron chi connectivity index (χ2n) is 3.53. The molecule has 0 saturated carbocycles. The van der Waals surface area contributed by atoms with Crippen LogP contribution in [0.5, 0.6) is 0 Å². The zero-order chi connectivity index (χ0) is 11.1. The highest BCUT2D eigenvalue weighted by atomic mass is 16.5. The van der Waals surface area contributed by atoms with E-state index < -0.39 is 0 Å². The lowest BCUT2D eigenvalue weighted by Gasteiger charge is -2.20. The van der Waals surface area contributed by atoms with E-state index in [1.807, 2.05) is 0 Å². The smallest absolute Gasteiger partial charge is 0.229 e. The van der Waals surface area contributed by atoms with Crippen molar-refractivity contribution in [3.8, 4) is 0 Å². The highest BCUT2D eigenvalue weighted by Crippen LogP contribution is 2.27. The van der Waals surface area contributed by atoms with Gasteiger partial charge < -0.3 is 4.74 Å². The van der Waals surface area contributed by atoms with Gasteiger partial charge in [-0.3, -0.25) is 14.6 Å². The number of aliphatic imine (C=N–C) groups is 1. The second kappa shape index (κ2) is 3.13. The number of ether oxygens (including phenoxy) is 1. The number of hydrogen-bond donors (Lipinski definition) is 0. The molecule has 0 bridgehead atoms. The highest BCUT2D eigenvalue weighted by Gasteiger charge is 2.33. The van der Waals surface area contributed by atoms with Crippen LogP contribution in [0.25, 0.3) is 0 Å². The summed E-state index contributed by atoms with van der Waals surface area (Å²) in [5.74, 6) is -0.316. The van der Waals surface area contributed by atoms with E-state index in [0.29, 0.717) is 11.1 Å². The van der Waals surface area contributed by atoms with Crippen LogP contribution in [0.3, 0.4) is 0 Å². The van der Waals surface area contributed by atoms with Gasteiger partial charge in [0.05, 0.1) is 5.57 Å². The van der Waals surface area contributed by atoms with Crippen molar-refractivity contribution in [1.82, 2.24) is 0 Å². The first kappa shape index (κ1) is 9.03. The lowest BCUT2D eigenvalue weighted by Crippen LogP contribution is -2.26. The summed E-state index contributed by atoms with van der Waals surface area (Å²) in [6.07, 6.45) is 1.41. The monoisotopic (exact) mass is 213 g/mol. The van der Waals surface area contributed by atoms with Crippen LogP contribution in [0.1, 0.15) is 20.7 Å². The third kappa shape index (κ3) is 1.07. The zero-order valence-electron chi connectivity index (χ0n) is 8.27. The summed E-state index contributed by atoms with van der Waals surface area (Å²) >= 11 is 0. The number of hydrogen-bond acceptors (Lipinski definition) is 4. The van der Waals surface area contributed by atoms with Gasteiger partial charge in [-0.15, -0.1) is 0 Å². The van der Waals surface area contributed by atoms with E-state index >= 15 is 0 Å². The molecule has 1 aromatic carbocycles.